The van der Waals surface area contributed by atoms with E-state index in [4.69, 9.17) is 9.47 Å². The minimum absolute atomic E-state index is 0.0433. The summed E-state index contributed by atoms with van der Waals surface area (Å²) in [5, 5.41) is 10.1. The van der Waals surface area contributed by atoms with Gasteiger partial charge in [-0.3, -0.25) is 5.01 Å². The third-order valence-corrected chi connectivity index (χ3v) is 3.20. The lowest BCUT2D eigenvalue weighted by atomic mass is 10.1. The number of rotatable bonds is 1. The van der Waals surface area contributed by atoms with Gasteiger partial charge in [0.15, 0.2) is 5.79 Å². The van der Waals surface area contributed by atoms with Gasteiger partial charge in [0.05, 0.1) is 18.6 Å². The zero-order valence-corrected chi connectivity index (χ0v) is 8.96. The van der Waals surface area contributed by atoms with Gasteiger partial charge in [0, 0.05) is 0 Å². The van der Waals surface area contributed by atoms with Crippen LogP contribution in [0.15, 0.2) is 23.0 Å². The summed E-state index contributed by atoms with van der Waals surface area (Å²) >= 11 is 0. The highest BCUT2D eigenvalue weighted by Crippen LogP contribution is 2.42. The van der Waals surface area contributed by atoms with Crippen LogP contribution in [0, 0.1) is 0 Å². The number of fused-ring (bicyclic) bond motifs is 3. The molecule has 5 heteroatoms. The lowest BCUT2D eigenvalue weighted by Gasteiger charge is -2.25. The average molecular weight is 209 g/mol. The Morgan fingerprint density at radius 1 is 1.40 bits per heavy atom. The van der Waals surface area contributed by atoms with E-state index < -0.39 is 5.79 Å². The molecule has 0 aromatic rings. The van der Waals surface area contributed by atoms with Crippen LogP contribution >= 0.6 is 0 Å². The molecule has 3 aliphatic rings. The normalized spacial score (nSPS) is 45.6. The van der Waals surface area contributed by atoms with Crippen LogP contribution in [0.3, 0.4) is 0 Å². The van der Waals surface area contributed by atoms with Gasteiger partial charge in [-0.2, -0.15) is 5.11 Å². The van der Waals surface area contributed by atoms with Crippen LogP contribution < -0.4 is 0 Å². The van der Waals surface area contributed by atoms with Crippen molar-refractivity contribution in [3.05, 3.63) is 12.7 Å². The second-order valence-electron chi connectivity index (χ2n) is 4.65. The summed E-state index contributed by atoms with van der Waals surface area (Å²) in [6.45, 7) is 8.42. The van der Waals surface area contributed by atoms with Gasteiger partial charge in [-0.05, 0) is 13.8 Å². The first-order chi connectivity index (χ1) is 7.12. The standard InChI is InChI=1S/C10H15N3O2/c1-4-6-8-9(15-10(2,3)14-8)7-5-11-12-13(6)7/h4,6-9H,1,5H2,2-3H3/t6-,7-,8-,9+/m0/s1. The molecule has 0 unspecified atom stereocenters. The van der Waals surface area contributed by atoms with E-state index in [1.165, 1.54) is 0 Å². The minimum Gasteiger partial charge on any atom is -0.342 e. The van der Waals surface area contributed by atoms with Gasteiger partial charge in [-0.1, -0.05) is 11.3 Å². The first kappa shape index (κ1) is 9.30. The molecule has 82 valence electrons. The summed E-state index contributed by atoms with van der Waals surface area (Å²) in [4.78, 5) is 0. The highest BCUT2D eigenvalue weighted by molar-refractivity contribution is 5.12. The zero-order valence-electron chi connectivity index (χ0n) is 8.96. The molecule has 0 amide bonds. The van der Waals surface area contributed by atoms with Crippen molar-refractivity contribution >= 4 is 0 Å². The molecule has 3 rings (SSSR count). The molecule has 0 aromatic heterocycles. The fourth-order valence-corrected chi connectivity index (χ4v) is 2.65. The van der Waals surface area contributed by atoms with Crippen molar-refractivity contribution in [2.24, 2.45) is 10.3 Å². The Morgan fingerprint density at radius 2 is 2.13 bits per heavy atom. The van der Waals surface area contributed by atoms with Gasteiger partial charge >= 0.3 is 0 Å². The maximum atomic E-state index is 5.89. The lowest BCUT2D eigenvalue weighted by Crippen LogP contribution is -2.37. The molecule has 5 nitrogen and oxygen atoms in total. The maximum Gasteiger partial charge on any atom is 0.163 e. The Morgan fingerprint density at radius 3 is 2.87 bits per heavy atom. The van der Waals surface area contributed by atoms with Crippen LogP contribution in [0.5, 0.6) is 0 Å². The van der Waals surface area contributed by atoms with Crippen molar-refractivity contribution < 1.29 is 9.47 Å². The third-order valence-electron chi connectivity index (χ3n) is 3.20. The molecule has 0 radical (unpaired) electrons. The Hall–Kier alpha value is -0.940. The first-order valence-corrected chi connectivity index (χ1v) is 5.26. The number of hydrogen-bond donors (Lipinski definition) is 0. The Bertz CT molecular complexity index is 329. The molecule has 2 saturated heterocycles. The third kappa shape index (κ3) is 1.16. The molecule has 15 heavy (non-hydrogen) atoms. The lowest BCUT2D eigenvalue weighted by molar-refractivity contribution is -0.163. The second-order valence-corrected chi connectivity index (χ2v) is 4.65. The van der Waals surface area contributed by atoms with E-state index in [0.717, 1.165) is 0 Å². The molecule has 0 aromatic carbocycles. The van der Waals surface area contributed by atoms with E-state index in [2.05, 4.69) is 16.9 Å². The quantitative estimate of drug-likeness (QED) is 0.608. The van der Waals surface area contributed by atoms with Gasteiger partial charge in [-0.25, -0.2) is 0 Å². The van der Waals surface area contributed by atoms with Crippen molar-refractivity contribution in [1.82, 2.24) is 5.01 Å². The Labute approximate surface area is 88.7 Å². The summed E-state index contributed by atoms with van der Waals surface area (Å²) < 4.78 is 11.8. The van der Waals surface area contributed by atoms with Crippen LogP contribution in [0.25, 0.3) is 0 Å². The number of ether oxygens (including phenoxy) is 2. The van der Waals surface area contributed by atoms with Crippen LogP contribution in [0.2, 0.25) is 0 Å². The maximum absolute atomic E-state index is 5.89. The summed E-state index contributed by atoms with van der Waals surface area (Å²) in [5.74, 6) is -0.495. The predicted octanol–water partition coefficient (Wildman–Crippen LogP) is 1.13. The van der Waals surface area contributed by atoms with Crippen molar-refractivity contribution in [3.63, 3.8) is 0 Å². The SMILES string of the molecule is C=C[C@H]1[C@@H]2OC(C)(C)O[C@@H]2[C@@H]2CN=NN12. The first-order valence-electron chi connectivity index (χ1n) is 5.26. The van der Waals surface area contributed by atoms with Gasteiger partial charge in [-0.15, -0.1) is 6.58 Å². The largest absolute Gasteiger partial charge is 0.342 e. The molecular formula is C10H15N3O2. The fourth-order valence-electron chi connectivity index (χ4n) is 2.65. The van der Waals surface area contributed by atoms with Crippen LogP contribution in [0.1, 0.15) is 13.8 Å². The van der Waals surface area contributed by atoms with Gasteiger partial charge in [0.25, 0.3) is 0 Å². The molecule has 2 fully saturated rings. The molecule has 0 N–H and O–H groups in total. The minimum atomic E-state index is -0.495. The summed E-state index contributed by atoms with van der Waals surface area (Å²) in [6, 6.07) is 0.313. The van der Waals surface area contributed by atoms with Crippen LogP contribution in [0.4, 0.5) is 0 Å². The molecule has 0 aliphatic carbocycles. The number of nitrogens with zero attached hydrogens (tertiary/aromatic N) is 3. The predicted molar refractivity (Wildman–Crippen MR) is 53.2 cm³/mol. The molecular weight excluding hydrogens is 194 g/mol. The Balaban J connectivity index is 1.92. The van der Waals surface area contributed by atoms with E-state index >= 15 is 0 Å². The van der Waals surface area contributed by atoms with Crippen LogP contribution in [-0.4, -0.2) is 41.6 Å². The summed E-state index contributed by atoms with van der Waals surface area (Å²) in [6.07, 6.45) is 1.98. The van der Waals surface area contributed by atoms with Crippen molar-refractivity contribution in [2.75, 3.05) is 6.54 Å². The van der Waals surface area contributed by atoms with E-state index in [1.54, 1.807) is 0 Å². The van der Waals surface area contributed by atoms with Crippen molar-refractivity contribution in [3.8, 4) is 0 Å². The zero-order chi connectivity index (χ0) is 10.6. The molecule has 4 atom stereocenters. The topological polar surface area (TPSA) is 46.4 Å². The smallest absolute Gasteiger partial charge is 0.163 e. The monoisotopic (exact) mass is 209 g/mol. The van der Waals surface area contributed by atoms with E-state index in [0.29, 0.717) is 6.54 Å². The number of hydrogen-bond acceptors (Lipinski definition) is 5. The average Bonchev–Trinajstić information content (AvgIpc) is 2.75. The molecule has 0 saturated carbocycles. The Kier molecular flexibility index (Phi) is 1.73. The summed E-state index contributed by atoms with van der Waals surface area (Å²) in [7, 11) is 0. The van der Waals surface area contributed by atoms with E-state index in [-0.39, 0.29) is 24.3 Å². The molecule has 3 aliphatic heterocycles. The van der Waals surface area contributed by atoms with Crippen molar-refractivity contribution in [2.45, 2.75) is 43.9 Å². The van der Waals surface area contributed by atoms with E-state index in [9.17, 15) is 0 Å². The van der Waals surface area contributed by atoms with Crippen LogP contribution in [-0.2, 0) is 9.47 Å². The molecule has 0 bridgehead atoms. The van der Waals surface area contributed by atoms with Gasteiger partial charge < -0.3 is 9.47 Å². The molecule has 0 spiro atoms. The van der Waals surface area contributed by atoms with Gasteiger partial charge in [0.2, 0.25) is 0 Å². The highest BCUT2D eigenvalue weighted by Gasteiger charge is 2.58. The van der Waals surface area contributed by atoms with E-state index in [1.807, 2.05) is 24.9 Å². The molecule has 3 heterocycles. The highest BCUT2D eigenvalue weighted by atomic mass is 16.8. The fraction of sp³-hybridized carbons (Fsp3) is 0.800. The van der Waals surface area contributed by atoms with Crippen molar-refractivity contribution in [1.29, 1.82) is 0 Å². The summed E-state index contributed by atoms with van der Waals surface area (Å²) in [5.41, 5.74) is 0. The second kappa shape index (κ2) is 2.80. The van der Waals surface area contributed by atoms with Gasteiger partial charge in [0.1, 0.15) is 12.2 Å².